The molecule has 0 saturated carbocycles. The molecule has 1 N–H and O–H groups in total. The van der Waals surface area contributed by atoms with Crippen LogP contribution in [0.4, 0.5) is 0 Å². The Labute approximate surface area is 290 Å². The number of nitrogens with zero attached hydrogens (tertiary/aromatic N) is 2. The maximum absolute atomic E-state index is 10.5. The topological polar surface area (TPSA) is 86.8 Å². The van der Waals surface area contributed by atoms with Crippen LogP contribution in [0.3, 0.4) is 0 Å². The van der Waals surface area contributed by atoms with Crippen molar-refractivity contribution in [3.63, 3.8) is 0 Å². The van der Waals surface area contributed by atoms with Gasteiger partial charge in [0.2, 0.25) is 0 Å². The summed E-state index contributed by atoms with van der Waals surface area (Å²) in [5.41, 5.74) is 0. The van der Waals surface area contributed by atoms with E-state index in [0.29, 0.717) is 32.5 Å². The molecular formula is C20H36N3NaO4Y3-6. The van der Waals surface area contributed by atoms with Gasteiger partial charge < -0.3 is 77.3 Å². The fraction of sp³-hybridized carbons (Fsp3) is 0.300. The van der Waals surface area contributed by atoms with Crippen molar-refractivity contribution in [2.75, 3.05) is 32.7 Å². The molecule has 3 amide bonds. The van der Waals surface area contributed by atoms with E-state index in [-0.39, 0.29) is 161 Å². The molecular weight excluding hydrogens is 636 g/mol. The van der Waals surface area contributed by atoms with E-state index in [1.165, 1.54) is 9.80 Å². The largest absolute Gasteiger partial charge is 1.00 e. The summed E-state index contributed by atoms with van der Waals surface area (Å²) in [6.07, 6.45) is 2.29. The van der Waals surface area contributed by atoms with Crippen molar-refractivity contribution in [2.45, 2.75) is 7.43 Å². The van der Waals surface area contributed by atoms with Crippen LogP contribution in [0, 0.1) is 41.5 Å². The van der Waals surface area contributed by atoms with Gasteiger partial charge in [0.1, 0.15) is 6.29 Å². The van der Waals surface area contributed by atoms with Gasteiger partial charge in [-0.15, -0.1) is 39.4 Å². The third kappa shape index (κ3) is 54.1. The second-order valence-electron chi connectivity index (χ2n) is 3.98. The Morgan fingerprint density at radius 1 is 0.871 bits per heavy atom. The van der Waals surface area contributed by atoms with Gasteiger partial charge in [0.15, 0.2) is 0 Å². The van der Waals surface area contributed by atoms with E-state index in [0.717, 1.165) is 0 Å². The van der Waals surface area contributed by atoms with Crippen molar-refractivity contribution < 1.29 is 148 Å². The smallest absolute Gasteiger partial charge is 1.00 e. The molecule has 11 heteroatoms. The summed E-state index contributed by atoms with van der Waals surface area (Å²) in [4.78, 5) is 43.2. The molecule has 0 rings (SSSR count). The van der Waals surface area contributed by atoms with E-state index in [1.807, 2.05) is 0 Å². The minimum atomic E-state index is -0.364. The van der Waals surface area contributed by atoms with Crippen LogP contribution in [-0.2, 0) is 117 Å². The first-order valence-corrected chi connectivity index (χ1v) is 7.45. The van der Waals surface area contributed by atoms with Gasteiger partial charge in [0, 0.05) is 105 Å². The molecule has 0 spiro atoms. The summed E-state index contributed by atoms with van der Waals surface area (Å²) in [7, 11) is 0. The van der Waals surface area contributed by atoms with Crippen LogP contribution in [0.5, 0.6) is 0 Å². The van der Waals surface area contributed by atoms with Crippen molar-refractivity contribution in [3.05, 3.63) is 67.4 Å². The molecule has 0 aromatic carbocycles. The molecule has 31 heavy (non-hydrogen) atoms. The van der Waals surface area contributed by atoms with E-state index in [1.54, 1.807) is 6.08 Å². The molecule has 0 aliphatic rings. The average Bonchev–Trinajstić information content (AvgIpc) is 2.59. The summed E-state index contributed by atoms with van der Waals surface area (Å²) in [5.74, 6) is -0.841. The molecule has 0 saturated heterocycles. The minimum Gasteiger partial charge on any atom is -1.00 e. The molecule has 0 unspecified atom stereocenters. The number of amides is 3. The van der Waals surface area contributed by atoms with Gasteiger partial charge in [-0.2, -0.15) is 0 Å². The van der Waals surface area contributed by atoms with Gasteiger partial charge in [-0.1, -0.05) is 13.5 Å². The monoisotopic (exact) mass is 672 g/mol. The van der Waals surface area contributed by atoms with Crippen LogP contribution in [0.1, 0.15) is 8.85 Å². The van der Waals surface area contributed by atoms with Gasteiger partial charge in [-0.3, -0.25) is 0 Å². The molecule has 0 aromatic heterocycles. The van der Waals surface area contributed by atoms with Crippen molar-refractivity contribution in [2.24, 2.45) is 0 Å². The van der Waals surface area contributed by atoms with Crippen LogP contribution in [0.2, 0.25) is 0 Å². The average molecular weight is 672 g/mol. The van der Waals surface area contributed by atoms with Gasteiger partial charge in [-0.05, 0) is 0 Å². The zero-order chi connectivity index (χ0) is 21.5. The van der Waals surface area contributed by atoms with Crippen molar-refractivity contribution in [3.8, 4) is 0 Å². The maximum Gasteiger partial charge on any atom is 1.00 e. The summed E-state index contributed by atoms with van der Waals surface area (Å²) < 4.78 is 0. The minimum absolute atomic E-state index is 0. The van der Waals surface area contributed by atoms with Crippen LogP contribution < -0.4 is 34.9 Å². The summed E-state index contributed by atoms with van der Waals surface area (Å²) >= 11 is 0. The first-order valence-electron chi connectivity index (χ1n) is 7.45. The second-order valence-corrected chi connectivity index (χ2v) is 3.98. The number of aldehydes is 1. The number of hydrogen-bond acceptors (Lipinski definition) is 4. The van der Waals surface area contributed by atoms with Crippen LogP contribution in [0.15, 0.2) is 25.8 Å². The normalized spacial score (nSPS) is 6.55. The molecule has 0 atom stereocenters. The number of rotatable bonds is 7. The Bertz CT molecular complexity index is 398. The van der Waals surface area contributed by atoms with Gasteiger partial charge in [0.25, 0.3) is 0 Å². The van der Waals surface area contributed by atoms with Gasteiger partial charge >= 0.3 is 29.6 Å². The number of nitrogens with one attached hydrogen (secondary N) is 1. The van der Waals surface area contributed by atoms with Gasteiger partial charge in [0.05, 0.1) is 24.3 Å². The molecule has 0 aliphatic heterocycles. The Morgan fingerprint density at radius 3 is 1.26 bits per heavy atom. The van der Waals surface area contributed by atoms with Gasteiger partial charge in [-0.25, -0.2) is 0 Å². The number of carbonyl (C=O) groups is 4. The van der Waals surface area contributed by atoms with Crippen molar-refractivity contribution in [1.29, 1.82) is 0 Å². The fourth-order valence-corrected chi connectivity index (χ4v) is 1.02. The summed E-state index contributed by atoms with van der Waals surface area (Å²) in [5, 5.41) is 2.35. The maximum atomic E-state index is 10.5. The predicted molar refractivity (Wildman–Crippen MR) is 114 cm³/mol. The van der Waals surface area contributed by atoms with Crippen LogP contribution in [-0.4, -0.2) is 66.5 Å². The summed E-state index contributed by atoms with van der Waals surface area (Å²) in [6, 6.07) is 0. The van der Waals surface area contributed by atoms with E-state index in [4.69, 9.17) is 0 Å². The molecule has 0 aliphatic carbocycles. The SMILES string of the molecule is C.C=C.C=CCN(C[CH2-])C([CH2-])=O.[CH2-]CN(CC=O)C([CH2-])=O.[CH2-]CNC([CH2-])=O.[H-].[Na+].[Y].[Y].[Y]. The van der Waals surface area contributed by atoms with E-state index < -0.39 is 0 Å². The van der Waals surface area contributed by atoms with Crippen LogP contribution >= 0.6 is 0 Å². The Balaban J connectivity index is -0.0000000253. The quantitative estimate of drug-likeness (QED) is 0.157. The molecule has 7 nitrogen and oxygen atoms in total. The molecule has 0 bridgehead atoms. The Kier molecular flexibility index (Phi) is 91.9. The summed E-state index contributed by atoms with van der Waals surface area (Å²) in [6.45, 7) is 31.0. The zero-order valence-corrected chi connectivity index (χ0v) is 28.8. The van der Waals surface area contributed by atoms with E-state index in [9.17, 15) is 19.2 Å². The predicted octanol–water partition coefficient (Wildman–Crippen LogP) is -1.33. The number of carbonyl (C=O) groups excluding carboxylic acids is 4. The zero-order valence-electron chi connectivity index (χ0n) is 19.3. The first kappa shape index (κ1) is 58.4. The van der Waals surface area contributed by atoms with Crippen LogP contribution in [0.25, 0.3) is 0 Å². The Hall–Kier alpha value is 1.48. The van der Waals surface area contributed by atoms with E-state index in [2.05, 4.69) is 66.6 Å². The molecule has 0 fully saturated rings. The van der Waals surface area contributed by atoms with Crippen molar-refractivity contribution >= 4 is 24.0 Å². The first-order chi connectivity index (χ1) is 12.2. The third-order valence-electron chi connectivity index (χ3n) is 2.21. The third-order valence-corrected chi connectivity index (χ3v) is 2.21. The Morgan fingerprint density at radius 2 is 1.19 bits per heavy atom. The fourth-order valence-electron chi connectivity index (χ4n) is 1.02. The van der Waals surface area contributed by atoms with Crippen molar-refractivity contribution in [1.82, 2.24) is 15.1 Å². The van der Waals surface area contributed by atoms with E-state index >= 15 is 0 Å². The number of hydrogen-bond donors (Lipinski definition) is 1. The molecule has 3 radical (unpaired) electrons. The standard InChI is InChI=1S/C7H11NO.C6H9NO2.C4H7NO.C2H4.CH4.Na.3Y.H/c1-4-6-8(5-2)7(3)9;1-3-7(4-5-8)6(2)9;1-3-5-4(2)6;1-2;;;;;;/h4H,1-3,5-6H2;5H,1-4H2;1-3H2,(H,5,6);1-2H2;1H4;;;;;/q3*-2;;;+1;;;;-1. The molecule has 0 heterocycles. The second kappa shape index (κ2) is 48.8. The molecule has 0 aromatic rings. The molecule has 171 valence electrons.